The molecule has 0 saturated heterocycles. The average molecular weight is 281 g/mol. The highest BCUT2D eigenvalue weighted by atomic mass is 35.5. The largest absolute Gasteiger partial charge is 0.230 e. The van der Waals surface area contributed by atoms with E-state index in [-0.39, 0.29) is 0 Å². The molecule has 0 N–H and O–H groups in total. The molecule has 0 aliphatic heterocycles. The van der Waals surface area contributed by atoms with E-state index in [9.17, 15) is 0 Å². The number of hydrogen-bond acceptors (Lipinski definition) is 3. The Balaban J connectivity index is 2.31. The molecule has 2 aromatic rings. The molecule has 0 saturated carbocycles. The van der Waals surface area contributed by atoms with Gasteiger partial charge in [-0.3, -0.25) is 0 Å². The van der Waals surface area contributed by atoms with Gasteiger partial charge in [-0.15, -0.1) is 0 Å². The van der Waals surface area contributed by atoms with Gasteiger partial charge in [0.05, 0.1) is 5.02 Å². The Kier molecular flexibility index (Phi) is 3.90. The second-order valence-corrected chi connectivity index (χ2v) is 5.06. The van der Waals surface area contributed by atoms with Crippen LogP contribution in [0.1, 0.15) is 5.69 Å². The molecule has 2 rings (SSSR count). The smallest absolute Gasteiger partial charge is 0.141 e. The molecule has 0 atom stereocenters. The van der Waals surface area contributed by atoms with Gasteiger partial charge in [-0.1, -0.05) is 41.0 Å². The fourth-order valence-corrected chi connectivity index (χ4v) is 2.54. The van der Waals surface area contributed by atoms with Crippen molar-refractivity contribution in [1.82, 2.24) is 4.98 Å². The number of pyridine rings is 1. The molecule has 1 aromatic carbocycles. The second kappa shape index (κ2) is 5.42. The van der Waals surface area contributed by atoms with Gasteiger partial charge in [-0.05, 0) is 30.3 Å². The number of rotatable bonds is 2. The third-order valence-electron chi connectivity index (χ3n) is 1.95. The maximum absolute atomic E-state index is 8.76. The molecular weight excluding hydrogens is 275 g/mol. The van der Waals surface area contributed by atoms with Crippen LogP contribution in [0.5, 0.6) is 0 Å². The third kappa shape index (κ3) is 3.13. The van der Waals surface area contributed by atoms with E-state index in [0.717, 1.165) is 4.90 Å². The van der Waals surface area contributed by atoms with Gasteiger partial charge in [0.2, 0.25) is 0 Å². The Morgan fingerprint density at radius 3 is 2.76 bits per heavy atom. The molecule has 0 bridgehead atoms. The third-order valence-corrected chi connectivity index (χ3v) is 3.62. The molecule has 0 fully saturated rings. The lowest BCUT2D eigenvalue weighted by molar-refractivity contribution is 1.10. The van der Waals surface area contributed by atoms with Crippen LogP contribution in [0.25, 0.3) is 0 Å². The van der Waals surface area contributed by atoms with E-state index in [4.69, 9.17) is 28.5 Å². The first-order chi connectivity index (χ1) is 8.19. The summed E-state index contributed by atoms with van der Waals surface area (Å²) in [7, 11) is 0. The van der Waals surface area contributed by atoms with Crippen LogP contribution in [-0.4, -0.2) is 4.98 Å². The van der Waals surface area contributed by atoms with Crippen LogP contribution in [0.2, 0.25) is 10.0 Å². The zero-order chi connectivity index (χ0) is 12.3. The van der Waals surface area contributed by atoms with E-state index in [0.29, 0.717) is 20.8 Å². The SMILES string of the molecule is N#Cc1cccc(Sc2cc(Cl)ccc2Cl)n1. The van der Waals surface area contributed by atoms with Gasteiger partial charge in [-0.2, -0.15) is 5.26 Å². The van der Waals surface area contributed by atoms with Gasteiger partial charge < -0.3 is 0 Å². The lowest BCUT2D eigenvalue weighted by atomic mass is 10.4. The zero-order valence-electron chi connectivity index (χ0n) is 8.52. The summed E-state index contributed by atoms with van der Waals surface area (Å²) in [5.41, 5.74) is 0.383. The van der Waals surface area contributed by atoms with Crippen LogP contribution in [-0.2, 0) is 0 Å². The van der Waals surface area contributed by atoms with Crippen LogP contribution >= 0.6 is 35.0 Å². The summed E-state index contributed by atoms with van der Waals surface area (Å²) >= 11 is 13.3. The molecule has 0 radical (unpaired) electrons. The first-order valence-corrected chi connectivity index (χ1v) is 6.26. The molecule has 1 aromatic heterocycles. The van der Waals surface area contributed by atoms with E-state index in [1.54, 1.807) is 30.3 Å². The van der Waals surface area contributed by atoms with Gasteiger partial charge in [0.25, 0.3) is 0 Å². The fourth-order valence-electron chi connectivity index (χ4n) is 1.20. The van der Waals surface area contributed by atoms with Crippen molar-refractivity contribution in [2.45, 2.75) is 9.92 Å². The summed E-state index contributed by atoms with van der Waals surface area (Å²) in [6.07, 6.45) is 0. The van der Waals surface area contributed by atoms with Gasteiger partial charge in [0, 0.05) is 9.92 Å². The lowest BCUT2D eigenvalue weighted by Crippen LogP contribution is -1.85. The highest BCUT2D eigenvalue weighted by molar-refractivity contribution is 7.99. The van der Waals surface area contributed by atoms with Crippen molar-refractivity contribution < 1.29 is 0 Å². The Hall–Kier alpha value is -1.21. The molecule has 17 heavy (non-hydrogen) atoms. The van der Waals surface area contributed by atoms with Crippen molar-refractivity contribution in [3.8, 4) is 6.07 Å². The summed E-state index contributed by atoms with van der Waals surface area (Å²) in [5, 5.41) is 10.7. The van der Waals surface area contributed by atoms with E-state index in [1.807, 2.05) is 12.1 Å². The van der Waals surface area contributed by atoms with Crippen molar-refractivity contribution in [3.63, 3.8) is 0 Å². The highest BCUT2D eigenvalue weighted by Crippen LogP contribution is 2.34. The van der Waals surface area contributed by atoms with Gasteiger partial charge >= 0.3 is 0 Å². The Bertz CT molecular complexity index is 593. The summed E-state index contributed by atoms with van der Waals surface area (Å²) in [5.74, 6) is 0. The lowest BCUT2D eigenvalue weighted by Gasteiger charge is -2.04. The number of halogens is 2. The van der Waals surface area contributed by atoms with Crippen LogP contribution in [0.4, 0.5) is 0 Å². The summed E-state index contributed by atoms with van der Waals surface area (Å²) in [4.78, 5) is 4.98. The number of benzene rings is 1. The van der Waals surface area contributed by atoms with Crippen molar-refractivity contribution in [2.24, 2.45) is 0 Å². The topological polar surface area (TPSA) is 36.7 Å². The summed E-state index contributed by atoms with van der Waals surface area (Å²) < 4.78 is 0. The number of nitriles is 1. The molecule has 84 valence electrons. The van der Waals surface area contributed by atoms with Crippen LogP contribution in [0, 0.1) is 11.3 Å². The standard InChI is InChI=1S/C12H6Cl2N2S/c13-8-4-5-10(14)11(6-8)17-12-3-1-2-9(7-15)16-12/h1-6H. The fraction of sp³-hybridized carbons (Fsp3) is 0. The number of nitrogens with zero attached hydrogens (tertiary/aromatic N) is 2. The summed E-state index contributed by atoms with van der Waals surface area (Å²) in [6, 6.07) is 12.5. The predicted molar refractivity (Wildman–Crippen MR) is 69.5 cm³/mol. The van der Waals surface area contributed by atoms with Gasteiger partial charge in [0.1, 0.15) is 16.8 Å². The first-order valence-electron chi connectivity index (χ1n) is 4.69. The van der Waals surface area contributed by atoms with Crippen LogP contribution < -0.4 is 0 Å². The second-order valence-electron chi connectivity index (χ2n) is 3.15. The molecular formula is C12H6Cl2N2S. The van der Waals surface area contributed by atoms with Crippen molar-refractivity contribution in [1.29, 1.82) is 5.26 Å². The monoisotopic (exact) mass is 280 g/mol. The average Bonchev–Trinajstić information content (AvgIpc) is 2.34. The highest BCUT2D eigenvalue weighted by Gasteiger charge is 2.05. The molecule has 2 nitrogen and oxygen atoms in total. The quantitative estimate of drug-likeness (QED) is 0.818. The molecule has 0 amide bonds. The predicted octanol–water partition coefficient (Wildman–Crippen LogP) is 4.41. The van der Waals surface area contributed by atoms with Crippen molar-refractivity contribution in [2.75, 3.05) is 0 Å². The number of aromatic nitrogens is 1. The number of hydrogen-bond donors (Lipinski definition) is 0. The minimum absolute atomic E-state index is 0.383. The molecule has 0 spiro atoms. The van der Waals surface area contributed by atoms with Crippen LogP contribution in [0.15, 0.2) is 46.3 Å². The molecule has 5 heteroatoms. The minimum Gasteiger partial charge on any atom is -0.230 e. The molecule has 0 unspecified atom stereocenters. The van der Waals surface area contributed by atoms with E-state index in [1.165, 1.54) is 11.8 Å². The van der Waals surface area contributed by atoms with Crippen molar-refractivity contribution >= 4 is 35.0 Å². The van der Waals surface area contributed by atoms with Gasteiger partial charge in [-0.25, -0.2) is 4.98 Å². The minimum atomic E-state index is 0.383. The van der Waals surface area contributed by atoms with E-state index in [2.05, 4.69) is 4.98 Å². The Labute approximate surface area is 113 Å². The summed E-state index contributed by atoms with van der Waals surface area (Å²) in [6.45, 7) is 0. The zero-order valence-corrected chi connectivity index (χ0v) is 10.9. The molecule has 1 heterocycles. The maximum Gasteiger partial charge on any atom is 0.141 e. The Morgan fingerprint density at radius 1 is 1.18 bits per heavy atom. The molecule has 0 aliphatic carbocycles. The van der Waals surface area contributed by atoms with Gasteiger partial charge in [0.15, 0.2) is 0 Å². The van der Waals surface area contributed by atoms with Crippen molar-refractivity contribution in [3.05, 3.63) is 52.1 Å². The maximum atomic E-state index is 8.76. The van der Waals surface area contributed by atoms with Crippen LogP contribution in [0.3, 0.4) is 0 Å². The van der Waals surface area contributed by atoms with E-state index >= 15 is 0 Å². The normalized spacial score (nSPS) is 9.94. The first kappa shape index (κ1) is 12.3. The Morgan fingerprint density at radius 2 is 2.00 bits per heavy atom. The molecule has 0 aliphatic rings. The van der Waals surface area contributed by atoms with E-state index < -0.39 is 0 Å².